The third kappa shape index (κ3) is 3.82. The van der Waals surface area contributed by atoms with Crippen molar-refractivity contribution < 1.29 is 9.53 Å². The molecule has 1 saturated heterocycles. The van der Waals surface area contributed by atoms with E-state index in [4.69, 9.17) is 4.74 Å². The molecule has 1 aromatic carbocycles. The van der Waals surface area contributed by atoms with Crippen molar-refractivity contribution in [3.8, 4) is 0 Å². The van der Waals surface area contributed by atoms with E-state index in [-0.39, 0.29) is 29.8 Å². The van der Waals surface area contributed by atoms with Gasteiger partial charge in [0.25, 0.3) is 0 Å². The molecule has 2 atom stereocenters. The highest BCUT2D eigenvalue weighted by atomic mass is 16.5. The number of rotatable bonds is 5. The van der Waals surface area contributed by atoms with Crippen LogP contribution in [0.1, 0.15) is 11.3 Å². The SMILES string of the molecule is Cc1cc(=O)c2ccccc2n1CC(=O)N[C@@H]1COC[C@H]1Cc1ccncc1. The molecule has 6 nitrogen and oxygen atoms in total. The Balaban J connectivity index is 1.49. The van der Waals surface area contributed by atoms with Gasteiger partial charge in [-0.2, -0.15) is 0 Å². The first-order valence-corrected chi connectivity index (χ1v) is 9.47. The molecule has 0 saturated carbocycles. The second-order valence-corrected chi connectivity index (χ2v) is 7.28. The van der Waals surface area contributed by atoms with Crippen LogP contribution in [0, 0.1) is 12.8 Å². The van der Waals surface area contributed by atoms with E-state index in [0.717, 1.165) is 17.6 Å². The van der Waals surface area contributed by atoms with Crippen molar-refractivity contribution in [1.82, 2.24) is 14.9 Å². The van der Waals surface area contributed by atoms with Crippen LogP contribution in [-0.4, -0.2) is 34.7 Å². The fourth-order valence-corrected chi connectivity index (χ4v) is 3.84. The molecule has 0 unspecified atom stereocenters. The molecule has 1 N–H and O–H groups in total. The van der Waals surface area contributed by atoms with Crippen molar-refractivity contribution in [2.45, 2.75) is 25.9 Å². The molecule has 0 aliphatic carbocycles. The van der Waals surface area contributed by atoms with Crippen molar-refractivity contribution in [2.24, 2.45) is 5.92 Å². The van der Waals surface area contributed by atoms with Gasteiger partial charge in [-0.1, -0.05) is 12.1 Å². The highest BCUT2D eigenvalue weighted by molar-refractivity contribution is 5.82. The number of hydrogen-bond acceptors (Lipinski definition) is 4. The maximum Gasteiger partial charge on any atom is 0.240 e. The standard InChI is InChI=1S/C22H23N3O3/c1-15-10-21(26)18-4-2-3-5-20(18)25(15)12-22(27)24-19-14-28-13-17(19)11-16-6-8-23-9-7-16/h2-10,17,19H,11-14H2,1H3,(H,24,27)/t17-,19-/m1/s1. The summed E-state index contributed by atoms with van der Waals surface area (Å²) in [6.45, 7) is 3.18. The van der Waals surface area contributed by atoms with Crippen LogP contribution >= 0.6 is 0 Å². The van der Waals surface area contributed by atoms with Crippen molar-refractivity contribution in [1.29, 1.82) is 0 Å². The third-order valence-electron chi connectivity index (χ3n) is 5.32. The molecular weight excluding hydrogens is 354 g/mol. The van der Waals surface area contributed by atoms with E-state index in [2.05, 4.69) is 10.3 Å². The van der Waals surface area contributed by atoms with Crippen LogP contribution in [0.2, 0.25) is 0 Å². The zero-order valence-electron chi connectivity index (χ0n) is 15.8. The Morgan fingerprint density at radius 1 is 1.21 bits per heavy atom. The van der Waals surface area contributed by atoms with Crippen LogP contribution in [0.5, 0.6) is 0 Å². The molecule has 4 rings (SSSR count). The number of benzene rings is 1. The van der Waals surface area contributed by atoms with Crippen LogP contribution in [0.25, 0.3) is 10.9 Å². The fraction of sp³-hybridized carbons (Fsp3) is 0.318. The summed E-state index contributed by atoms with van der Waals surface area (Å²) in [7, 11) is 0. The smallest absolute Gasteiger partial charge is 0.240 e. The minimum atomic E-state index is -0.0767. The van der Waals surface area contributed by atoms with Crippen molar-refractivity contribution >= 4 is 16.8 Å². The molecule has 2 aromatic heterocycles. The first-order valence-electron chi connectivity index (χ1n) is 9.47. The lowest BCUT2D eigenvalue weighted by molar-refractivity contribution is -0.122. The van der Waals surface area contributed by atoms with Gasteiger partial charge in [-0.05, 0) is 43.2 Å². The summed E-state index contributed by atoms with van der Waals surface area (Å²) >= 11 is 0. The summed E-state index contributed by atoms with van der Waals surface area (Å²) in [6.07, 6.45) is 4.40. The van der Waals surface area contributed by atoms with Crippen LogP contribution in [0.15, 0.2) is 59.7 Å². The summed E-state index contributed by atoms with van der Waals surface area (Å²) in [6, 6.07) is 12.9. The Labute approximate surface area is 163 Å². The van der Waals surface area contributed by atoms with Crippen LogP contribution in [0.3, 0.4) is 0 Å². The number of amides is 1. The number of ether oxygens (including phenoxy) is 1. The first kappa shape index (κ1) is 18.4. The first-order chi connectivity index (χ1) is 13.6. The lowest BCUT2D eigenvalue weighted by Crippen LogP contribution is -2.42. The molecule has 0 bridgehead atoms. The van der Waals surface area contributed by atoms with Gasteiger partial charge in [0.2, 0.25) is 5.91 Å². The topological polar surface area (TPSA) is 73.2 Å². The highest BCUT2D eigenvalue weighted by Gasteiger charge is 2.29. The number of fused-ring (bicyclic) bond motifs is 1. The third-order valence-corrected chi connectivity index (χ3v) is 5.32. The number of carbonyl (C=O) groups excluding carboxylic acids is 1. The van der Waals surface area contributed by atoms with Gasteiger partial charge in [-0.3, -0.25) is 14.6 Å². The number of carbonyl (C=O) groups is 1. The molecular formula is C22H23N3O3. The molecule has 0 spiro atoms. The Morgan fingerprint density at radius 3 is 2.82 bits per heavy atom. The van der Waals surface area contributed by atoms with Gasteiger partial charge in [-0.15, -0.1) is 0 Å². The molecule has 144 valence electrons. The minimum Gasteiger partial charge on any atom is -0.379 e. The second-order valence-electron chi connectivity index (χ2n) is 7.28. The fourth-order valence-electron chi connectivity index (χ4n) is 3.84. The predicted octanol–water partition coefficient (Wildman–Crippen LogP) is 2.08. The molecule has 1 amide bonds. The lowest BCUT2D eigenvalue weighted by Gasteiger charge is -2.21. The molecule has 1 aliphatic rings. The van der Waals surface area contributed by atoms with E-state index in [9.17, 15) is 9.59 Å². The summed E-state index contributed by atoms with van der Waals surface area (Å²) in [5.74, 6) is 0.158. The molecule has 28 heavy (non-hydrogen) atoms. The predicted molar refractivity (Wildman–Crippen MR) is 107 cm³/mol. The zero-order chi connectivity index (χ0) is 19.5. The normalized spacial score (nSPS) is 19.0. The summed E-state index contributed by atoms with van der Waals surface area (Å²) in [5, 5.41) is 3.75. The van der Waals surface area contributed by atoms with Crippen molar-refractivity contribution in [3.05, 3.63) is 76.3 Å². The number of aryl methyl sites for hydroxylation is 1. The Kier molecular flexibility index (Phi) is 5.21. The van der Waals surface area contributed by atoms with Gasteiger partial charge in [0.05, 0.1) is 24.8 Å². The Bertz CT molecular complexity index is 1050. The largest absolute Gasteiger partial charge is 0.379 e. The second kappa shape index (κ2) is 7.94. The van der Waals surface area contributed by atoms with Gasteiger partial charge in [0.1, 0.15) is 6.54 Å². The quantitative estimate of drug-likeness (QED) is 0.739. The highest BCUT2D eigenvalue weighted by Crippen LogP contribution is 2.19. The van der Waals surface area contributed by atoms with Crippen molar-refractivity contribution in [3.63, 3.8) is 0 Å². The summed E-state index contributed by atoms with van der Waals surface area (Å²) < 4.78 is 7.51. The van der Waals surface area contributed by atoms with Gasteiger partial charge >= 0.3 is 0 Å². The van der Waals surface area contributed by atoms with Crippen LogP contribution in [0.4, 0.5) is 0 Å². The molecule has 1 fully saturated rings. The minimum absolute atomic E-state index is 0.0217. The molecule has 0 radical (unpaired) electrons. The van der Waals surface area contributed by atoms with E-state index >= 15 is 0 Å². The number of aromatic nitrogens is 2. The molecule has 6 heteroatoms. The van der Waals surface area contributed by atoms with E-state index < -0.39 is 0 Å². The summed E-state index contributed by atoms with van der Waals surface area (Å²) in [5.41, 5.74) is 2.71. The number of hydrogen-bond donors (Lipinski definition) is 1. The van der Waals surface area contributed by atoms with Gasteiger partial charge in [0.15, 0.2) is 5.43 Å². The Hall–Kier alpha value is -2.99. The Morgan fingerprint density at radius 2 is 2.00 bits per heavy atom. The maximum atomic E-state index is 12.8. The van der Waals surface area contributed by atoms with Gasteiger partial charge in [0, 0.05) is 35.5 Å². The molecule has 3 aromatic rings. The average Bonchev–Trinajstić information content (AvgIpc) is 3.12. The number of para-hydroxylation sites is 1. The number of nitrogens with zero attached hydrogens (tertiary/aromatic N) is 2. The van der Waals surface area contributed by atoms with E-state index in [0.29, 0.717) is 18.6 Å². The maximum absolute atomic E-state index is 12.8. The van der Waals surface area contributed by atoms with Gasteiger partial charge < -0.3 is 14.6 Å². The number of pyridine rings is 2. The number of nitrogens with one attached hydrogen (secondary N) is 1. The van der Waals surface area contributed by atoms with E-state index in [1.54, 1.807) is 24.5 Å². The zero-order valence-corrected chi connectivity index (χ0v) is 15.8. The van der Waals surface area contributed by atoms with Gasteiger partial charge in [-0.25, -0.2) is 0 Å². The van der Waals surface area contributed by atoms with Crippen LogP contribution in [-0.2, 0) is 22.5 Å². The molecule has 1 aliphatic heterocycles. The lowest BCUT2D eigenvalue weighted by atomic mass is 9.95. The average molecular weight is 377 g/mol. The molecule has 3 heterocycles. The summed E-state index contributed by atoms with van der Waals surface area (Å²) in [4.78, 5) is 29.0. The van der Waals surface area contributed by atoms with Crippen LogP contribution < -0.4 is 10.7 Å². The van der Waals surface area contributed by atoms with E-state index in [1.807, 2.05) is 41.8 Å². The van der Waals surface area contributed by atoms with E-state index in [1.165, 1.54) is 5.56 Å². The monoisotopic (exact) mass is 377 g/mol. The van der Waals surface area contributed by atoms with Crippen molar-refractivity contribution in [2.75, 3.05) is 13.2 Å².